The summed E-state index contributed by atoms with van der Waals surface area (Å²) in [4.78, 5) is 25.5. The zero-order valence-corrected chi connectivity index (χ0v) is 12.9. The van der Waals surface area contributed by atoms with Crippen molar-refractivity contribution in [1.29, 1.82) is 0 Å². The van der Waals surface area contributed by atoms with E-state index in [-0.39, 0.29) is 17.6 Å². The maximum absolute atomic E-state index is 11.9. The van der Waals surface area contributed by atoms with E-state index in [2.05, 4.69) is 5.32 Å². The molecular weight excluding hydrogens is 288 g/mol. The second-order valence-electron chi connectivity index (χ2n) is 4.85. The van der Waals surface area contributed by atoms with Crippen molar-refractivity contribution in [3.05, 3.63) is 29.8 Å². The normalized spacial score (nSPS) is 14.8. The molecule has 1 fully saturated rings. The van der Waals surface area contributed by atoms with Gasteiger partial charge in [0.05, 0.1) is 24.7 Å². The molecule has 0 bridgehead atoms. The molecule has 114 valence electrons. The lowest BCUT2D eigenvalue weighted by molar-refractivity contribution is -0.132. The number of anilines is 1. The van der Waals surface area contributed by atoms with E-state index in [4.69, 9.17) is 4.74 Å². The number of thioether (sulfide) groups is 1. The molecule has 2 amide bonds. The van der Waals surface area contributed by atoms with E-state index in [1.807, 2.05) is 31.2 Å². The number of benzene rings is 1. The smallest absolute Gasteiger partial charge is 0.234 e. The Kier molecular flexibility index (Phi) is 6.07. The summed E-state index contributed by atoms with van der Waals surface area (Å²) in [5.41, 5.74) is 1.85. The molecule has 0 spiro atoms. The van der Waals surface area contributed by atoms with Crippen LogP contribution < -0.4 is 5.32 Å². The maximum Gasteiger partial charge on any atom is 0.234 e. The van der Waals surface area contributed by atoms with Gasteiger partial charge in [-0.3, -0.25) is 9.59 Å². The number of rotatable bonds is 5. The fraction of sp³-hybridized carbons (Fsp3) is 0.467. The standard InChI is InChI=1S/C15H20N2O3S/c1-12-4-2-3-5-13(12)16-14(18)10-21-11-15(19)17-6-8-20-9-7-17/h2-5H,6-11H2,1H3,(H,16,18). The molecule has 6 heteroatoms. The van der Waals surface area contributed by atoms with Gasteiger partial charge in [0.25, 0.3) is 0 Å². The summed E-state index contributed by atoms with van der Waals surface area (Å²) in [5.74, 6) is 0.613. The first-order valence-corrected chi connectivity index (χ1v) is 8.11. The SMILES string of the molecule is Cc1ccccc1NC(=O)CSCC(=O)N1CCOCC1. The highest BCUT2D eigenvalue weighted by atomic mass is 32.2. The maximum atomic E-state index is 11.9. The summed E-state index contributed by atoms with van der Waals surface area (Å²) in [6.07, 6.45) is 0. The lowest BCUT2D eigenvalue weighted by Gasteiger charge is -2.26. The van der Waals surface area contributed by atoms with Gasteiger partial charge >= 0.3 is 0 Å². The van der Waals surface area contributed by atoms with Gasteiger partial charge in [-0.25, -0.2) is 0 Å². The molecule has 0 aliphatic carbocycles. The zero-order chi connectivity index (χ0) is 15.1. The van der Waals surface area contributed by atoms with Crippen LogP contribution in [0.15, 0.2) is 24.3 Å². The van der Waals surface area contributed by atoms with E-state index in [0.717, 1.165) is 11.3 Å². The molecule has 1 aliphatic rings. The molecular formula is C15H20N2O3S. The lowest BCUT2D eigenvalue weighted by atomic mass is 10.2. The minimum atomic E-state index is -0.0796. The molecule has 5 nitrogen and oxygen atoms in total. The van der Waals surface area contributed by atoms with E-state index >= 15 is 0 Å². The molecule has 2 rings (SSSR count). The van der Waals surface area contributed by atoms with Crippen LogP contribution in [-0.2, 0) is 14.3 Å². The molecule has 1 aromatic carbocycles. The number of para-hydroxylation sites is 1. The Morgan fingerprint density at radius 1 is 1.24 bits per heavy atom. The van der Waals surface area contributed by atoms with Gasteiger partial charge in [-0.1, -0.05) is 18.2 Å². The first kappa shape index (κ1) is 15.9. The molecule has 0 aromatic heterocycles. The summed E-state index contributed by atoms with van der Waals surface area (Å²) in [6.45, 7) is 4.45. The number of nitrogens with zero attached hydrogens (tertiary/aromatic N) is 1. The molecule has 0 radical (unpaired) electrons. The molecule has 1 aromatic rings. The van der Waals surface area contributed by atoms with Crippen LogP contribution in [0.2, 0.25) is 0 Å². The largest absolute Gasteiger partial charge is 0.378 e. The van der Waals surface area contributed by atoms with Crippen molar-refractivity contribution >= 4 is 29.3 Å². The fourth-order valence-corrected chi connectivity index (χ4v) is 2.75. The van der Waals surface area contributed by atoms with Gasteiger partial charge in [-0.2, -0.15) is 0 Å². The van der Waals surface area contributed by atoms with Crippen LogP contribution in [0.4, 0.5) is 5.69 Å². The second kappa shape index (κ2) is 8.05. The lowest BCUT2D eigenvalue weighted by Crippen LogP contribution is -2.41. The van der Waals surface area contributed by atoms with E-state index in [0.29, 0.717) is 32.1 Å². The van der Waals surface area contributed by atoms with Crippen LogP contribution >= 0.6 is 11.8 Å². The monoisotopic (exact) mass is 308 g/mol. The van der Waals surface area contributed by atoms with Gasteiger partial charge in [-0.15, -0.1) is 11.8 Å². The van der Waals surface area contributed by atoms with Crippen molar-refractivity contribution < 1.29 is 14.3 Å². The van der Waals surface area contributed by atoms with Crippen LogP contribution in [0.3, 0.4) is 0 Å². The van der Waals surface area contributed by atoms with Crippen molar-refractivity contribution in [2.24, 2.45) is 0 Å². The number of hydrogen-bond acceptors (Lipinski definition) is 4. The van der Waals surface area contributed by atoms with E-state index in [1.165, 1.54) is 11.8 Å². The summed E-state index contributed by atoms with van der Waals surface area (Å²) in [7, 11) is 0. The molecule has 1 saturated heterocycles. The first-order chi connectivity index (χ1) is 10.2. The van der Waals surface area contributed by atoms with Crippen molar-refractivity contribution in [2.45, 2.75) is 6.92 Å². The Balaban J connectivity index is 1.69. The number of aryl methyl sites for hydroxylation is 1. The minimum absolute atomic E-state index is 0.0759. The number of amides is 2. The number of carbonyl (C=O) groups is 2. The zero-order valence-electron chi connectivity index (χ0n) is 12.1. The average molecular weight is 308 g/mol. The number of morpholine rings is 1. The van der Waals surface area contributed by atoms with Crippen molar-refractivity contribution in [1.82, 2.24) is 4.90 Å². The van der Waals surface area contributed by atoms with Crippen LogP contribution in [0.1, 0.15) is 5.56 Å². The fourth-order valence-electron chi connectivity index (χ4n) is 2.03. The van der Waals surface area contributed by atoms with Crippen molar-refractivity contribution in [3.63, 3.8) is 0 Å². The van der Waals surface area contributed by atoms with Gasteiger partial charge in [-0.05, 0) is 18.6 Å². The predicted octanol–water partition coefficient (Wildman–Crippen LogP) is 1.53. The van der Waals surface area contributed by atoms with Crippen molar-refractivity contribution in [3.8, 4) is 0 Å². The van der Waals surface area contributed by atoms with Gasteiger partial charge in [0.15, 0.2) is 0 Å². The summed E-state index contributed by atoms with van der Waals surface area (Å²) < 4.78 is 5.21. The average Bonchev–Trinajstić information content (AvgIpc) is 2.50. The van der Waals surface area contributed by atoms with Crippen LogP contribution in [0.25, 0.3) is 0 Å². The third-order valence-corrected chi connectivity index (χ3v) is 4.16. The van der Waals surface area contributed by atoms with Crippen LogP contribution in [-0.4, -0.2) is 54.5 Å². The highest BCUT2D eigenvalue weighted by Crippen LogP contribution is 2.14. The Morgan fingerprint density at radius 3 is 2.67 bits per heavy atom. The summed E-state index contributed by atoms with van der Waals surface area (Å²) in [6, 6.07) is 7.64. The Bertz CT molecular complexity index is 501. The van der Waals surface area contributed by atoms with E-state index in [9.17, 15) is 9.59 Å². The second-order valence-corrected chi connectivity index (χ2v) is 5.83. The van der Waals surface area contributed by atoms with Crippen molar-refractivity contribution in [2.75, 3.05) is 43.1 Å². The Morgan fingerprint density at radius 2 is 1.95 bits per heavy atom. The summed E-state index contributed by atoms with van der Waals surface area (Å²) >= 11 is 1.34. The van der Waals surface area contributed by atoms with Gasteiger partial charge < -0.3 is 15.0 Å². The topological polar surface area (TPSA) is 58.6 Å². The number of ether oxygens (including phenoxy) is 1. The molecule has 0 saturated carbocycles. The quantitative estimate of drug-likeness (QED) is 0.896. The number of carbonyl (C=O) groups excluding carboxylic acids is 2. The predicted molar refractivity (Wildman–Crippen MR) is 84.5 cm³/mol. The summed E-state index contributed by atoms with van der Waals surface area (Å²) in [5, 5.41) is 2.86. The molecule has 21 heavy (non-hydrogen) atoms. The third kappa shape index (κ3) is 5.06. The van der Waals surface area contributed by atoms with E-state index in [1.54, 1.807) is 4.90 Å². The highest BCUT2D eigenvalue weighted by Gasteiger charge is 2.16. The number of hydrogen-bond donors (Lipinski definition) is 1. The van der Waals surface area contributed by atoms with E-state index < -0.39 is 0 Å². The molecule has 1 heterocycles. The highest BCUT2D eigenvalue weighted by molar-refractivity contribution is 8.00. The Labute approximate surface area is 129 Å². The molecule has 0 unspecified atom stereocenters. The van der Waals surface area contributed by atoms with Crippen LogP contribution in [0, 0.1) is 6.92 Å². The number of nitrogens with one attached hydrogen (secondary N) is 1. The van der Waals surface area contributed by atoms with Gasteiger partial charge in [0.2, 0.25) is 11.8 Å². The molecule has 1 aliphatic heterocycles. The van der Waals surface area contributed by atoms with Gasteiger partial charge in [0.1, 0.15) is 0 Å². The van der Waals surface area contributed by atoms with Gasteiger partial charge in [0, 0.05) is 18.8 Å². The molecule has 1 N–H and O–H groups in total. The first-order valence-electron chi connectivity index (χ1n) is 6.95. The third-order valence-electron chi connectivity index (χ3n) is 3.24. The minimum Gasteiger partial charge on any atom is -0.378 e. The molecule has 0 atom stereocenters. The van der Waals surface area contributed by atoms with Crippen LogP contribution in [0.5, 0.6) is 0 Å². The Hall–Kier alpha value is -1.53.